The van der Waals surface area contributed by atoms with E-state index >= 15 is 0 Å². The van der Waals surface area contributed by atoms with Gasteiger partial charge in [-0.25, -0.2) is 4.39 Å². The Bertz CT molecular complexity index is 474. The van der Waals surface area contributed by atoms with Crippen molar-refractivity contribution >= 4 is 12.4 Å². The quantitative estimate of drug-likeness (QED) is 0.656. The maximum Gasteiger partial charge on any atom is 0.416 e. The second-order valence-electron chi connectivity index (χ2n) is 4.12. The SMILES string of the molecule is C=C(C)C[C@@H](N)c1c(C(F)(F)F)ccc(F)c1O.Cl. The molecule has 0 bridgehead atoms. The Kier molecular flexibility index (Phi) is 5.83. The van der Waals surface area contributed by atoms with Gasteiger partial charge in [-0.3, -0.25) is 0 Å². The summed E-state index contributed by atoms with van der Waals surface area (Å²) in [6, 6.07) is -0.0209. The molecule has 19 heavy (non-hydrogen) atoms. The predicted molar refractivity (Wildman–Crippen MR) is 66.7 cm³/mol. The monoisotopic (exact) mass is 299 g/mol. The number of rotatable bonds is 3. The molecule has 1 aromatic rings. The van der Waals surface area contributed by atoms with Crippen molar-refractivity contribution in [2.75, 3.05) is 0 Å². The third-order valence-corrected chi connectivity index (χ3v) is 2.41. The third kappa shape index (κ3) is 4.11. The van der Waals surface area contributed by atoms with Crippen molar-refractivity contribution in [2.24, 2.45) is 5.73 Å². The van der Waals surface area contributed by atoms with Crippen LogP contribution < -0.4 is 5.73 Å². The summed E-state index contributed by atoms with van der Waals surface area (Å²) in [6.07, 6.45) is -4.67. The van der Waals surface area contributed by atoms with Gasteiger partial charge in [-0.15, -0.1) is 19.0 Å². The Labute approximate surface area is 114 Å². The van der Waals surface area contributed by atoms with E-state index in [4.69, 9.17) is 5.73 Å². The van der Waals surface area contributed by atoms with Crippen LogP contribution in [0.4, 0.5) is 17.6 Å². The third-order valence-electron chi connectivity index (χ3n) is 2.41. The van der Waals surface area contributed by atoms with Gasteiger partial charge in [0, 0.05) is 11.6 Å². The van der Waals surface area contributed by atoms with Crippen LogP contribution in [0.2, 0.25) is 0 Å². The predicted octanol–water partition coefficient (Wildman–Crippen LogP) is 3.94. The van der Waals surface area contributed by atoms with Crippen LogP contribution in [0.5, 0.6) is 5.75 Å². The van der Waals surface area contributed by atoms with Crippen molar-refractivity contribution in [3.05, 3.63) is 41.2 Å². The van der Waals surface area contributed by atoms with Gasteiger partial charge in [0.2, 0.25) is 0 Å². The highest BCUT2D eigenvalue weighted by atomic mass is 35.5. The molecule has 0 spiro atoms. The van der Waals surface area contributed by atoms with Crippen LogP contribution in [0.1, 0.15) is 30.5 Å². The molecule has 1 rings (SSSR count). The van der Waals surface area contributed by atoms with Crippen LogP contribution in [0.15, 0.2) is 24.3 Å². The van der Waals surface area contributed by atoms with E-state index in [2.05, 4.69) is 6.58 Å². The Balaban J connectivity index is 0.00000324. The number of alkyl halides is 3. The normalized spacial score (nSPS) is 12.7. The minimum absolute atomic E-state index is 0. The summed E-state index contributed by atoms with van der Waals surface area (Å²) in [5.41, 5.74) is 4.35. The van der Waals surface area contributed by atoms with Crippen LogP contribution in [0, 0.1) is 5.82 Å². The van der Waals surface area contributed by atoms with Gasteiger partial charge in [0.1, 0.15) is 0 Å². The lowest BCUT2D eigenvalue weighted by Crippen LogP contribution is -2.18. The van der Waals surface area contributed by atoms with E-state index in [1.807, 2.05) is 0 Å². The lowest BCUT2D eigenvalue weighted by Gasteiger charge is -2.20. The molecule has 108 valence electrons. The fourth-order valence-corrected chi connectivity index (χ4v) is 1.68. The van der Waals surface area contributed by atoms with E-state index < -0.39 is 34.9 Å². The van der Waals surface area contributed by atoms with Gasteiger partial charge in [0.25, 0.3) is 0 Å². The number of hydrogen-bond acceptors (Lipinski definition) is 2. The number of phenols is 1. The highest BCUT2D eigenvalue weighted by molar-refractivity contribution is 5.85. The molecule has 0 radical (unpaired) electrons. The Morgan fingerprint density at radius 2 is 1.95 bits per heavy atom. The summed E-state index contributed by atoms with van der Waals surface area (Å²) in [5, 5.41) is 9.44. The second-order valence-corrected chi connectivity index (χ2v) is 4.12. The molecule has 0 heterocycles. The molecule has 1 atom stereocenters. The first-order chi connectivity index (χ1) is 8.14. The topological polar surface area (TPSA) is 46.2 Å². The van der Waals surface area contributed by atoms with E-state index in [1.54, 1.807) is 6.92 Å². The molecule has 1 aromatic carbocycles. The van der Waals surface area contributed by atoms with E-state index in [-0.39, 0.29) is 18.8 Å². The zero-order valence-electron chi connectivity index (χ0n) is 10.1. The Hall–Kier alpha value is -1.27. The van der Waals surface area contributed by atoms with Crippen molar-refractivity contribution in [1.29, 1.82) is 0 Å². The molecular formula is C12H14ClF4NO. The van der Waals surface area contributed by atoms with E-state index in [0.29, 0.717) is 17.7 Å². The van der Waals surface area contributed by atoms with Gasteiger partial charge in [-0.1, -0.05) is 5.57 Å². The highest BCUT2D eigenvalue weighted by Crippen LogP contribution is 2.40. The van der Waals surface area contributed by atoms with Gasteiger partial charge in [0.15, 0.2) is 11.6 Å². The van der Waals surface area contributed by atoms with Crippen molar-refractivity contribution < 1.29 is 22.7 Å². The maximum absolute atomic E-state index is 13.1. The molecule has 0 fully saturated rings. The molecule has 0 saturated heterocycles. The van der Waals surface area contributed by atoms with Crippen LogP contribution in [0.25, 0.3) is 0 Å². The first-order valence-electron chi connectivity index (χ1n) is 5.13. The highest BCUT2D eigenvalue weighted by Gasteiger charge is 2.36. The lowest BCUT2D eigenvalue weighted by molar-refractivity contribution is -0.138. The van der Waals surface area contributed by atoms with E-state index in [0.717, 1.165) is 0 Å². The molecule has 7 heteroatoms. The van der Waals surface area contributed by atoms with Crippen molar-refractivity contribution in [3.8, 4) is 5.75 Å². The molecule has 0 aromatic heterocycles. The molecule has 0 unspecified atom stereocenters. The summed E-state index contributed by atoms with van der Waals surface area (Å²) in [4.78, 5) is 0. The molecule has 0 saturated carbocycles. The summed E-state index contributed by atoms with van der Waals surface area (Å²) < 4.78 is 51.4. The van der Waals surface area contributed by atoms with Gasteiger partial charge in [-0.05, 0) is 25.5 Å². The summed E-state index contributed by atoms with van der Waals surface area (Å²) >= 11 is 0. The first-order valence-corrected chi connectivity index (χ1v) is 5.13. The number of hydrogen-bond donors (Lipinski definition) is 2. The minimum atomic E-state index is -4.70. The van der Waals surface area contributed by atoms with Gasteiger partial charge in [0.05, 0.1) is 5.56 Å². The molecular weight excluding hydrogens is 286 g/mol. The number of aromatic hydroxyl groups is 1. The summed E-state index contributed by atoms with van der Waals surface area (Å²) in [5.74, 6) is -2.19. The minimum Gasteiger partial charge on any atom is -0.505 e. The zero-order chi connectivity index (χ0) is 14.1. The van der Waals surface area contributed by atoms with Crippen molar-refractivity contribution in [1.82, 2.24) is 0 Å². The van der Waals surface area contributed by atoms with Crippen LogP contribution in [-0.4, -0.2) is 5.11 Å². The van der Waals surface area contributed by atoms with Crippen LogP contribution >= 0.6 is 12.4 Å². The number of nitrogens with two attached hydrogens (primary N) is 1. The molecule has 0 aliphatic carbocycles. The maximum atomic E-state index is 13.1. The molecule has 0 aliphatic heterocycles. The van der Waals surface area contributed by atoms with E-state index in [1.165, 1.54) is 0 Å². The van der Waals surface area contributed by atoms with Crippen molar-refractivity contribution in [2.45, 2.75) is 25.6 Å². The largest absolute Gasteiger partial charge is 0.505 e. The van der Waals surface area contributed by atoms with Crippen molar-refractivity contribution in [3.63, 3.8) is 0 Å². The molecule has 0 amide bonds. The number of halogens is 5. The average molecular weight is 300 g/mol. The van der Waals surface area contributed by atoms with E-state index in [9.17, 15) is 22.7 Å². The Morgan fingerprint density at radius 3 is 2.37 bits per heavy atom. The standard InChI is InChI=1S/C12H13F4NO.ClH/c1-6(2)5-9(17)10-7(12(14,15)16)3-4-8(13)11(10)18;/h3-4,9,18H,1,5,17H2,2H3;1H/t9-;/m1./s1. The van der Waals surface area contributed by atoms with Gasteiger partial charge < -0.3 is 10.8 Å². The zero-order valence-corrected chi connectivity index (χ0v) is 10.9. The summed E-state index contributed by atoms with van der Waals surface area (Å²) in [6.45, 7) is 5.11. The second kappa shape index (κ2) is 6.25. The fraction of sp³-hybridized carbons (Fsp3) is 0.333. The fourth-order valence-electron chi connectivity index (χ4n) is 1.68. The smallest absolute Gasteiger partial charge is 0.416 e. The average Bonchev–Trinajstić information content (AvgIpc) is 2.18. The first kappa shape index (κ1) is 17.7. The lowest BCUT2D eigenvalue weighted by atomic mass is 9.94. The van der Waals surface area contributed by atoms with Crippen LogP contribution in [0.3, 0.4) is 0 Å². The van der Waals surface area contributed by atoms with Crippen LogP contribution in [-0.2, 0) is 6.18 Å². The number of benzene rings is 1. The molecule has 2 nitrogen and oxygen atoms in total. The summed E-state index contributed by atoms with van der Waals surface area (Å²) in [7, 11) is 0. The Morgan fingerprint density at radius 1 is 1.42 bits per heavy atom. The number of phenolic OH excluding ortho intramolecular Hbond substituents is 1. The van der Waals surface area contributed by atoms with Gasteiger partial charge >= 0.3 is 6.18 Å². The van der Waals surface area contributed by atoms with Gasteiger partial charge in [-0.2, -0.15) is 13.2 Å². The molecule has 3 N–H and O–H groups in total. The molecule has 0 aliphatic rings.